The molecule has 1 aliphatic carbocycles. The Morgan fingerprint density at radius 1 is 1.26 bits per heavy atom. The SMILES string of the molecule is Br.CCN1CCCC2c3ccc(O)c(O)c3CCC21. The molecule has 2 atom stereocenters. The first-order valence-electron chi connectivity index (χ1n) is 7.00. The van der Waals surface area contributed by atoms with Crippen molar-refractivity contribution >= 4 is 17.0 Å². The molecule has 4 heteroatoms. The molecule has 0 saturated carbocycles. The number of hydrogen-bond acceptors (Lipinski definition) is 3. The van der Waals surface area contributed by atoms with Crippen LogP contribution < -0.4 is 0 Å². The molecule has 3 nitrogen and oxygen atoms in total. The summed E-state index contributed by atoms with van der Waals surface area (Å²) in [5.74, 6) is 0.670. The number of piperidine rings is 1. The van der Waals surface area contributed by atoms with Crippen molar-refractivity contribution in [3.05, 3.63) is 23.3 Å². The van der Waals surface area contributed by atoms with Crippen molar-refractivity contribution in [3.63, 3.8) is 0 Å². The molecule has 1 aromatic carbocycles. The molecule has 0 radical (unpaired) electrons. The van der Waals surface area contributed by atoms with Gasteiger partial charge in [-0.25, -0.2) is 0 Å². The van der Waals surface area contributed by atoms with E-state index in [1.165, 1.54) is 24.9 Å². The van der Waals surface area contributed by atoms with Crippen LogP contribution in [0, 0.1) is 0 Å². The first-order chi connectivity index (χ1) is 8.72. The summed E-state index contributed by atoms with van der Waals surface area (Å²) < 4.78 is 0. The van der Waals surface area contributed by atoms with Crippen LogP contribution in [-0.2, 0) is 6.42 Å². The van der Waals surface area contributed by atoms with Crippen LogP contribution in [0.1, 0.15) is 43.2 Å². The highest BCUT2D eigenvalue weighted by Crippen LogP contribution is 2.45. The van der Waals surface area contributed by atoms with Crippen molar-refractivity contribution in [2.24, 2.45) is 0 Å². The topological polar surface area (TPSA) is 43.7 Å². The predicted octanol–water partition coefficient (Wildman–Crippen LogP) is 3.19. The van der Waals surface area contributed by atoms with E-state index in [2.05, 4.69) is 11.8 Å². The predicted molar refractivity (Wildman–Crippen MR) is 81.4 cm³/mol. The maximum Gasteiger partial charge on any atom is 0.160 e. The van der Waals surface area contributed by atoms with Crippen molar-refractivity contribution in [3.8, 4) is 11.5 Å². The molecule has 0 bridgehead atoms. The molecule has 2 N–H and O–H groups in total. The molecule has 0 aromatic heterocycles. The van der Waals surface area contributed by atoms with Gasteiger partial charge in [-0.3, -0.25) is 0 Å². The maximum absolute atomic E-state index is 9.99. The minimum Gasteiger partial charge on any atom is -0.504 e. The fraction of sp³-hybridized carbons (Fsp3) is 0.600. The standard InChI is InChI=1S/C15H21NO2.BrH/c1-2-16-9-3-4-11-10-6-8-14(17)15(18)12(10)5-7-13(11)16;/h6,8,11,13,17-18H,2-5,7,9H2,1H3;1H. The molecule has 106 valence electrons. The zero-order valence-corrected chi connectivity index (χ0v) is 13.0. The van der Waals surface area contributed by atoms with E-state index in [-0.39, 0.29) is 28.5 Å². The third-order valence-electron chi connectivity index (χ3n) is 4.69. The van der Waals surface area contributed by atoms with Gasteiger partial charge in [0.05, 0.1) is 0 Å². The second-order valence-electron chi connectivity index (χ2n) is 5.48. The number of phenolic OH excluding ortho intramolecular Hbond substituents is 2. The second kappa shape index (κ2) is 5.71. The minimum absolute atomic E-state index is 0. The second-order valence-corrected chi connectivity index (χ2v) is 5.48. The Labute approximate surface area is 125 Å². The van der Waals surface area contributed by atoms with Gasteiger partial charge in [-0.15, -0.1) is 17.0 Å². The number of nitrogens with zero attached hydrogens (tertiary/aromatic N) is 1. The quantitative estimate of drug-likeness (QED) is 0.778. The molecule has 1 aliphatic heterocycles. The number of aromatic hydroxyl groups is 2. The van der Waals surface area contributed by atoms with Gasteiger partial charge >= 0.3 is 0 Å². The molecule has 0 amide bonds. The minimum atomic E-state index is 0. The number of fused-ring (bicyclic) bond motifs is 3. The summed E-state index contributed by atoms with van der Waals surface area (Å²) >= 11 is 0. The maximum atomic E-state index is 9.99. The zero-order valence-electron chi connectivity index (χ0n) is 11.3. The van der Waals surface area contributed by atoms with Crippen molar-refractivity contribution in [2.45, 2.75) is 44.6 Å². The highest BCUT2D eigenvalue weighted by atomic mass is 79.9. The molecule has 19 heavy (non-hydrogen) atoms. The Bertz CT molecular complexity index is 464. The summed E-state index contributed by atoms with van der Waals surface area (Å²) in [4.78, 5) is 2.57. The van der Waals surface area contributed by atoms with Gasteiger partial charge in [0.15, 0.2) is 11.5 Å². The molecule has 2 aliphatic rings. The lowest BCUT2D eigenvalue weighted by Gasteiger charge is -2.44. The Hall–Kier alpha value is -0.740. The third kappa shape index (κ3) is 2.36. The molecular weight excluding hydrogens is 306 g/mol. The van der Waals surface area contributed by atoms with Crippen LogP contribution in [0.25, 0.3) is 0 Å². The van der Waals surface area contributed by atoms with Gasteiger partial charge in [0.25, 0.3) is 0 Å². The summed E-state index contributed by atoms with van der Waals surface area (Å²) in [6.45, 7) is 4.55. The van der Waals surface area contributed by atoms with Gasteiger partial charge in [0.1, 0.15) is 0 Å². The molecule has 1 heterocycles. The van der Waals surface area contributed by atoms with E-state index in [0.717, 1.165) is 24.9 Å². The van der Waals surface area contributed by atoms with Gasteiger partial charge in [-0.1, -0.05) is 13.0 Å². The Balaban J connectivity index is 0.00000133. The average molecular weight is 328 g/mol. The van der Waals surface area contributed by atoms with E-state index >= 15 is 0 Å². The Kier molecular flexibility index (Phi) is 4.41. The van der Waals surface area contributed by atoms with Gasteiger partial charge in [0.2, 0.25) is 0 Å². The number of likely N-dealkylation sites (N-methyl/N-ethyl adjacent to an activating group) is 1. The van der Waals surface area contributed by atoms with Crippen LogP contribution >= 0.6 is 17.0 Å². The number of benzene rings is 1. The van der Waals surface area contributed by atoms with Crippen LogP contribution in [0.3, 0.4) is 0 Å². The van der Waals surface area contributed by atoms with Crippen LogP contribution in [0.2, 0.25) is 0 Å². The van der Waals surface area contributed by atoms with E-state index < -0.39 is 0 Å². The van der Waals surface area contributed by atoms with Crippen LogP contribution in [0.4, 0.5) is 0 Å². The van der Waals surface area contributed by atoms with E-state index in [0.29, 0.717) is 12.0 Å². The smallest absolute Gasteiger partial charge is 0.160 e. The van der Waals surface area contributed by atoms with Crippen molar-refractivity contribution in [1.82, 2.24) is 4.90 Å². The number of hydrogen-bond donors (Lipinski definition) is 2. The lowest BCUT2D eigenvalue weighted by atomic mass is 9.74. The summed E-state index contributed by atoms with van der Waals surface area (Å²) in [5, 5.41) is 19.6. The van der Waals surface area contributed by atoms with Gasteiger partial charge < -0.3 is 15.1 Å². The van der Waals surface area contributed by atoms with Crippen LogP contribution in [0.5, 0.6) is 11.5 Å². The van der Waals surface area contributed by atoms with Crippen molar-refractivity contribution < 1.29 is 10.2 Å². The fourth-order valence-corrected chi connectivity index (χ4v) is 3.81. The average Bonchev–Trinajstić information content (AvgIpc) is 2.41. The van der Waals surface area contributed by atoms with Gasteiger partial charge in [-0.2, -0.15) is 0 Å². The van der Waals surface area contributed by atoms with E-state index in [4.69, 9.17) is 0 Å². The van der Waals surface area contributed by atoms with Crippen LogP contribution in [0.15, 0.2) is 12.1 Å². The van der Waals surface area contributed by atoms with Gasteiger partial charge in [-0.05, 0) is 56.3 Å². The zero-order chi connectivity index (χ0) is 12.7. The molecule has 2 unspecified atom stereocenters. The first-order valence-corrected chi connectivity index (χ1v) is 7.00. The molecule has 3 rings (SSSR count). The Morgan fingerprint density at radius 3 is 2.79 bits per heavy atom. The third-order valence-corrected chi connectivity index (χ3v) is 4.69. The van der Waals surface area contributed by atoms with Crippen LogP contribution in [-0.4, -0.2) is 34.2 Å². The fourth-order valence-electron chi connectivity index (χ4n) is 3.81. The summed E-state index contributed by atoms with van der Waals surface area (Å²) in [6, 6.07) is 4.28. The highest BCUT2D eigenvalue weighted by Gasteiger charge is 2.36. The molecule has 1 fully saturated rings. The van der Waals surface area contributed by atoms with E-state index in [9.17, 15) is 10.2 Å². The Morgan fingerprint density at radius 2 is 2.05 bits per heavy atom. The molecule has 1 aromatic rings. The highest BCUT2D eigenvalue weighted by molar-refractivity contribution is 8.93. The summed E-state index contributed by atoms with van der Waals surface area (Å²) in [7, 11) is 0. The largest absolute Gasteiger partial charge is 0.504 e. The number of halogens is 1. The summed E-state index contributed by atoms with van der Waals surface area (Å²) in [5.41, 5.74) is 2.24. The van der Waals surface area contributed by atoms with Crippen molar-refractivity contribution in [2.75, 3.05) is 13.1 Å². The number of phenols is 2. The lowest BCUT2D eigenvalue weighted by Crippen LogP contribution is -2.46. The normalized spacial score (nSPS) is 26.2. The van der Waals surface area contributed by atoms with Gasteiger partial charge in [0, 0.05) is 11.6 Å². The van der Waals surface area contributed by atoms with Crippen molar-refractivity contribution in [1.29, 1.82) is 0 Å². The van der Waals surface area contributed by atoms with E-state index in [1.807, 2.05) is 6.07 Å². The van der Waals surface area contributed by atoms with E-state index in [1.54, 1.807) is 6.07 Å². The first kappa shape index (κ1) is 14.7. The number of rotatable bonds is 1. The summed E-state index contributed by atoms with van der Waals surface area (Å²) in [6.07, 6.45) is 4.42. The number of likely N-dealkylation sites (tertiary alicyclic amines) is 1. The molecule has 1 saturated heterocycles. The lowest BCUT2D eigenvalue weighted by molar-refractivity contribution is 0.118. The monoisotopic (exact) mass is 327 g/mol. The molecular formula is C15H22BrNO2. The molecule has 0 spiro atoms.